The van der Waals surface area contributed by atoms with Gasteiger partial charge < -0.3 is 8.83 Å². The Balaban J connectivity index is 0.685. The fourth-order valence-electron chi connectivity index (χ4n) is 17.5. The van der Waals surface area contributed by atoms with Crippen molar-refractivity contribution in [2.75, 3.05) is 0 Å². The van der Waals surface area contributed by atoms with Crippen molar-refractivity contribution in [3.8, 4) is 102 Å². The second-order valence-electron chi connectivity index (χ2n) is 29.0. The molecule has 0 fully saturated rings. The Labute approximate surface area is 647 Å². The summed E-state index contributed by atoms with van der Waals surface area (Å²) in [6.45, 7) is 0. The predicted octanol–water partition coefficient (Wildman–Crippen LogP) is 28.5. The molecule has 0 bridgehead atoms. The molecule has 0 aliphatic heterocycles. The molecular weight excluding hydrogens is 1410 g/mol. The van der Waals surface area contributed by atoms with E-state index in [1.54, 1.807) is 22.7 Å². The SMILES string of the molecule is c1ccc(-c2nc(-c3ccc4c(c3)sc3c(-c5cc6c7ccccc7c7ccccc7c6cc5-c5cc(-c6nc(-c7ccccc7)nc(-c7ccc8c(c7)sc7ccc(-c9ccc%10c%11ccccc%11c%11ccccc%11c%10c9)cc78)n6)c6oc7ccccc7c6c5)cccc34)nc(-c3cccc4c3oc3ccccc34)n2)cc1. The lowest BCUT2D eigenvalue weighted by Crippen LogP contribution is -2.00. The Morgan fingerprint density at radius 2 is 0.545 bits per heavy atom. The van der Waals surface area contributed by atoms with Crippen molar-refractivity contribution in [2.45, 2.75) is 0 Å². The zero-order valence-corrected chi connectivity index (χ0v) is 61.3. The molecular formula is C102H56N6O2S2. The zero-order valence-electron chi connectivity index (χ0n) is 59.6. The Bertz CT molecular complexity index is 8130. The van der Waals surface area contributed by atoms with Crippen LogP contribution in [0.1, 0.15) is 0 Å². The van der Waals surface area contributed by atoms with E-state index in [0.29, 0.717) is 40.5 Å². The van der Waals surface area contributed by atoms with Crippen molar-refractivity contribution in [3.05, 3.63) is 340 Å². The van der Waals surface area contributed by atoms with Crippen LogP contribution in [0.2, 0.25) is 0 Å². The van der Waals surface area contributed by atoms with Crippen LogP contribution >= 0.6 is 22.7 Å². The summed E-state index contributed by atoms with van der Waals surface area (Å²) in [5.74, 6) is 3.31. The summed E-state index contributed by atoms with van der Waals surface area (Å²) in [7, 11) is 0. The highest BCUT2D eigenvalue weighted by molar-refractivity contribution is 7.26. The van der Waals surface area contributed by atoms with Crippen LogP contribution in [0.25, 0.3) is 251 Å². The standard InChI is InChI=1S/C102H56N6O2S2/c1-3-21-57(22-4-1)97-103-99(107-101(105-97)80-38-19-35-77-73-33-15-17-39-89(73)109-94(77)80)62-42-46-75-78-36-20-37-79(96(78)112-93(75)54-62)85-56-84-71-32-14-11-28-67(71)66-27-10-13-31-70(66)83(84)55-81(85)63-51-87-74-34-16-18-40-90(74)110-95(87)88(52-63)102-106-98(58-23-5-2-6-24-58)104-100(108-102)61-43-47-76-86-50-60(44-48-91(86)111-92(76)53-61)59-41-45-72-68-29-8-7-25-64(68)65-26-9-12-30-69(65)82(72)49-59/h1-56H. The molecule has 0 unspecified atom stereocenters. The molecule has 0 radical (unpaired) electrons. The van der Waals surface area contributed by atoms with Crippen LogP contribution in [0.4, 0.5) is 0 Å². The quantitative estimate of drug-likeness (QED) is 0.132. The number of para-hydroxylation sites is 3. The Morgan fingerprint density at radius 1 is 0.170 bits per heavy atom. The molecule has 18 aromatic carbocycles. The first kappa shape index (κ1) is 62.6. The largest absolute Gasteiger partial charge is 0.455 e. The number of thiophene rings is 2. The molecule has 518 valence electrons. The zero-order chi connectivity index (χ0) is 73.2. The van der Waals surface area contributed by atoms with E-state index in [1.165, 1.54) is 85.8 Å². The normalized spacial score (nSPS) is 12.1. The van der Waals surface area contributed by atoms with Crippen molar-refractivity contribution >= 4 is 172 Å². The highest BCUT2D eigenvalue weighted by Gasteiger charge is 2.26. The fraction of sp³-hybridized carbons (Fsp3) is 0. The van der Waals surface area contributed by atoms with Gasteiger partial charge in [-0.1, -0.05) is 267 Å². The van der Waals surface area contributed by atoms with Gasteiger partial charge in [0.1, 0.15) is 22.3 Å². The Kier molecular flexibility index (Phi) is 13.7. The molecule has 6 aromatic heterocycles. The molecule has 0 saturated carbocycles. The summed E-state index contributed by atoms with van der Waals surface area (Å²) in [5, 5.41) is 23.4. The number of furan rings is 2. The molecule has 0 amide bonds. The number of hydrogen-bond donors (Lipinski definition) is 0. The second kappa shape index (κ2) is 24.5. The lowest BCUT2D eigenvalue weighted by Gasteiger charge is -2.18. The van der Waals surface area contributed by atoms with E-state index in [4.69, 9.17) is 38.7 Å². The van der Waals surface area contributed by atoms with Crippen molar-refractivity contribution < 1.29 is 8.83 Å². The molecule has 0 spiro atoms. The van der Waals surface area contributed by atoms with Gasteiger partial charge in [-0.3, -0.25) is 0 Å². The molecule has 24 rings (SSSR count). The maximum absolute atomic E-state index is 7.11. The number of nitrogens with zero attached hydrogens (tertiary/aromatic N) is 6. The topological polar surface area (TPSA) is 104 Å². The lowest BCUT2D eigenvalue weighted by molar-refractivity contribution is 0.669. The molecule has 0 saturated heterocycles. The summed E-state index contributed by atoms with van der Waals surface area (Å²) < 4.78 is 18.3. The van der Waals surface area contributed by atoms with E-state index >= 15 is 0 Å². The van der Waals surface area contributed by atoms with E-state index in [0.717, 1.165) is 124 Å². The van der Waals surface area contributed by atoms with Gasteiger partial charge in [0.05, 0.1) is 11.1 Å². The molecule has 24 aromatic rings. The lowest BCUT2D eigenvalue weighted by atomic mass is 9.86. The number of aromatic nitrogens is 6. The summed E-state index contributed by atoms with van der Waals surface area (Å²) >= 11 is 3.58. The third kappa shape index (κ3) is 9.79. The predicted molar refractivity (Wildman–Crippen MR) is 468 cm³/mol. The van der Waals surface area contributed by atoms with E-state index in [-0.39, 0.29) is 0 Å². The van der Waals surface area contributed by atoms with Crippen LogP contribution < -0.4 is 0 Å². The maximum atomic E-state index is 7.11. The first-order valence-electron chi connectivity index (χ1n) is 37.6. The van der Waals surface area contributed by atoms with Gasteiger partial charge in [0.15, 0.2) is 34.9 Å². The van der Waals surface area contributed by atoms with Crippen LogP contribution in [-0.4, -0.2) is 29.9 Å². The minimum Gasteiger partial charge on any atom is -0.455 e. The fourth-order valence-corrected chi connectivity index (χ4v) is 19.9. The van der Waals surface area contributed by atoms with Gasteiger partial charge in [-0.2, -0.15) is 0 Å². The summed E-state index contributed by atoms with van der Waals surface area (Å²) in [5.41, 5.74) is 14.7. The summed E-state index contributed by atoms with van der Waals surface area (Å²) in [4.78, 5) is 32.2. The average Bonchev–Trinajstić information content (AvgIpc) is 1.62. The smallest absolute Gasteiger partial charge is 0.167 e. The Morgan fingerprint density at radius 3 is 1.12 bits per heavy atom. The minimum absolute atomic E-state index is 0.501. The van der Waals surface area contributed by atoms with Gasteiger partial charge >= 0.3 is 0 Å². The monoisotopic (exact) mass is 1460 g/mol. The Hall–Kier alpha value is -14.4. The van der Waals surface area contributed by atoms with E-state index in [9.17, 15) is 0 Å². The van der Waals surface area contributed by atoms with Gasteiger partial charge in [0, 0.05) is 89.7 Å². The molecule has 8 nitrogen and oxygen atoms in total. The summed E-state index contributed by atoms with van der Waals surface area (Å²) in [6, 6.07) is 122. The number of benzene rings is 18. The van der Waals surface area contributed by atoms with Gasteiger partial charge in [-0.15, -0.1) is 22.7 Å². The molecule has 0 aliphatic rings. The van der Waals surface area contributed by atoms with Gasteiger partial charge in [-0.05, 0) is 165 Å². The number of rotatable bonds is 9. The van der Waals surface area contributed by atoms with Gasteiger partial charge in [0.2, 0.25) is 0 Å². The van der Waals surface area contributed by atoms with Crippen molar-refractivity contribution in [1.82, 2.24) is 29.9 Å². The van der Waals surface area contributed by atoms with Gasteiger partial charge in [0.25, 0.3) is 0 Å². The average molecular weight is 1460 g/mol. The van der Waals surface area contributed by atoms with Crippen molar-refractivity contribution in [2.24, 2.45) is 0 Å². The van der Waals surface area contributed by atoms with E-state index in [2.05, 4.69) is 261 Å². The molecule has 0 atom stereocenters. The van der Waals surface area contributed by atoms with Crippen LogP contribution in [0.3, 0.4) is 0 Å². The second-order valence-corrected chi connectivity index (χ2v) is 31.2. The van der Waals surface area contributed by atoms with Crippen LogP contribution in [0.15, 0.2) is 349 Å². The van der Waals surface area contributed by atoms with Crippen molar-refractivity contribution in [1.29, 1.82) is 0 Å². The molecule has 10 heteroatoms. The van der Waals surface area contributed by atoms with Gasteiger partial charge in [-0.25, -0.2) is 29.9 Å². The molecule has 112 heavy (non-hydrogen) atoms. The van der Waals surface area contributed by atoms with Crippen LogP contribution in [-0.2, 0) is 0 Å². The number of hydrogen-bond acceptors (Lipinski definition) is 10. The maximum Gasteiger partial charge on any atom is 0.167 e. The first-order chi connectivity index (χ1) is 55.5. The minimum atomic E-state index is 0.501. The summed E-state index contributed by atoms with van der Waals surface area (Å²) in [6.07, 6.45) is 0. The van der Waals surface area contributed by atoms with Crippen molar-refractivity contribution in [3.63, 3.8) is 0 Å². The molecule has 0 N–H and O–H groups in total. The third-order valence-corrected chi connectivity index (χ3v) is 25.1. The van der Waals surface area contributed by atoms with E-state index in [1.807, 2.05) is 78.9 Å². The number of fused-ring (bicyclic) bond motifs is 24. The molecule has 6 heterocycles. The van der Waals surface area contributed by atoms with E-state index < -0.39 is 0 Å². The first-order valence-corrected chi connectivity index (χ1v) is 39.2. The third-order valence-electron chi connectivity index (χ3n) is 22.7. The molecule has 0 aliphatic carbocycles. The highest BCUT2D eigenvalue weighted by atomic mass is 32.1. The van der Waals surface area contributed by atoms with Crippen LogP contribution in [0, 0.1) is 0 Å². The highest BCUT2D eigenvalue weighted by Crippen LogP contribution is 2.51. The van der Waals surface area contributed by atoms with Crippen LogP contribution in [0.5, 0.6) is 0 Å².